The van der Waals surface area contributed by atoms with Gasteiger partial charge in [0.25, 0.3) is 0 Å². The minimum Gasteiger partial charge on any atom is -0.380 e. The number of rotatable bonds is 2. The Morgan fingerprint density at radius 1 is 1.44 bits per heavy atom. The summed E-state index contributed by atoms with van der Waals surface area (Å²) in [4.78, 5) is 2.38. The number of nitrogens with zero attached hydrogens (tertiary/aromatic N) is 1. The molecule has 1 heterocycles. The highest BCUT2D eigenvalue weighted by Gasteiger charge is 2.26. The van der Waals surface area contributed by atoms with Crippen LogP contribution in [0.1, 0.15) is 18.9 Å². The fourth-order valence-corrected chi connectivity index (χ4v) is 2.59. The zero-order valence-corrected chi connectivity index (χ0v) is 10.9. The lowest BCUT2D eigenvalue weighted by Crippen LogP contribution is -2.25. The molecule has 1 aliphatic rings. The molecule has 1 saturated heterocycles. The number of anilines is 1. The maximum absolute atomic E-state index is 6.20. The first-order valence-corrected chi connectivity index (χ1v) is 6.17. The van der Waals surface area contributed by atoms with Crippen LogP contribution >= 0.6 is 11.6 Å². The second kappa shape index (κ2) is 4.64. The molecule has 2 unspecified atom stereocenters. The third kappa shape index (κ3) is 2.33. The highest BCUT2D eigenvalue weighted by molar-refractivity contribution is 6.33. The zero-order chi connectivity index (χ0) is 11.7. The molecule has 0 radical (unpaired) electrons. The third-order valence-electron chi connectivity index (χ3n) is 3.46. The standard InChI is InChI=1S/C13H19ClN2/c1-9-5-4-6-12(14)13(9)15-11-7-10(2)16(3)8-11/h4-6,10-11,15H,7-8H2,1-3H3. The monoisotopic (exact) mass is 238 g/mol. The molecule has 0 bridgehead atoms. The van der Waals surface area contributed by atoms with Gasteiger partial charge in [-0.2, -0.15) is 0 Å². The number of benzene rings is 1. The molecule has 2 rings (SSSR count). The van der Waals surface area contributed by atoms with Gasteiger partial charge >= 0.3 is 0 Å². The number of aryl methyl sites for hydroxylation is 1. The molecule has 1 N–H and O–H groups in total. The fourth-order valence-electron chi connectivity index (χ4n) is 2.32. The number of para-hydroxylation sites is 1. The lowest BCUT2D eigenvalue weighted by Gasteiger charge is -2.17. The van der Waals surface area contributed by atoms with Gasteiger partial charge in [0.05, 0.1) is 10.7 Å². The highest BCUT2D eigenvalue weighted by atomic mass is 35.5. The summed E-state index contributed by atoms with van der Waals surface area (Å²) in [5.74, 6) is 0. The zero-order valence-electron chi connectivity index (χ0n) is 10.1. The summed E-state index contributed by atoms with van der Waals surface area (Å²) in [7, 11) is 2.17. The molecule has 1 aromatic rings. The first kappa shape index (κ1) is 11.7. The van der Waals surface area contributed by atoms with Gasteiger partial charge in [0.2, 0.25) is 0 Å². The first-order valence-electron chi connectivity index (χ1n) is 5.80. The average Bonchev–Trinajstić information content (AvgIpc) is 2.53. The molecule has 2 nitrogen and oxygen atoms in total. The number of hydrogen-bond acceptors (Lipinski definition) is 2. The summed E-state index contributed by atoms with van der Waals surface area (Å²) >= 11 is 6.20. The molecule has 0 saturated carbocycles. The summed E-state index contributed by atoms with van der Waals surface area (Å²) in [6.45, 7) is 5.45. The van der Waals surface area contributed by atoms with Crippen molar-refractivity contribution in [1.29, 1.82) is 0 Å². The van der Waals surface area contributed by atoms with Crippen LogP contribution in [0.2, 0.25) is 5.02 Å². The van der Waals surface area contributed by atoms with Crippen LogP contribution in [-0.4, -0.2) is 30.6 Å². The van der Waals surface area contributed by atoms with Crippen LogP contribution < -0.4 is 5.32 Å². The Kier molecular flexibility index (Phi) is 3.41. The maximum atomic E-state index is 6.20. The van der Waals surface area contributed by atoms with E-state index in [1.165, 1.54) is 12.0 Å². The van der Waals surface area contributed by atoms with Crippen molar-refractivity contribution in [2.45, 2.75) is 32.4 Å². The predicted octanol–water partition coefficient (Wildman–Crippen LogP) is 3.15. The average molecular weight is 239 g/mol. The van der Waals surface area contributed by atoms with Gasteiger partial charge in [-0.05, 0) is 38.9 Å². The Morgan fingerprint density at radius 3 is 2.75 bits per heavy atom. The molecule has 88 valence electrons. The molecule has 0 spiro atoms. The molecule has 1 aromatic carbocycles. The van der Waals surface area contributed by atoms with Gasteiger partial charge in [-0.3, -0.25) is 0 Å². The minimum absolute atomic E-state index is 0.513. The Balaban J connectivity index is 2.10. The van der Waals surface area contributed by atoms with E-state index in [-0.39, 0.29) is 0 Å². The van der Waals surface area contributed by atoms with Gasteiger partial charge in [0.15, 0.2) is 0 Å². The normalized spacial score (nSPS) is 26.0. The van der Waals surface area contributed by atoms with Gasteiger partial charge in [0.1, 0.15) is 0 Å². The summed E-state index contributed by atoms with van der Waals surface area (Å²) in [5.41, 5.74) is 2.31. The van der Waals surface area contributed by atoms with Crippen LogP contribution in [0.15, 0.2) is 18.2 Å². The van der Waals surface area contributed by atoms with Crippen LogP contribution in [0.5, 0.6) is 0 Å². The second-order valence-corrected chi connectivity index (χ2v) is 5.20. The highest BCUT2D eigenvalue weighted by Crippen LogP contribution is 2.28. The first-order chi connectivity index (χ1) is 7.58. The minimum atomic E-state index is 0.513. The molecule has 3 heteroatoms. The van der Waals surface area contributed by atoms with Crippen molar-refractivity contribution in [1.82, 2.24) is 4.90 Å². The second-order valence-electron chi connectivity index (χ2n) is 4.80. The van der Waals surface area contributed by atoms with Crippen molar-refractivity contribution in [2.24, 2.45) is 0 Å². The topological polar surface area (TPSA) is 15.3 Å². The fraction of sp³-hybridized carbons (Fsp3) is 0.538. The van der Waals surface area contributed by atoms with Gasteiger partial charge in [-0.1, -0.05) is 23.7 Å². The van der Waals surface area contributed by atoms with Gasteiger partial charge in [0, 0.05) is 18.6 Å². The molecule has 1 aliphatic heterocycles. The molecule has 0 aliphatic carbocycles. The largest absolute Gasteiger partial charge is 0.380 e. The van der Waals surface area contributed by atoms with Crippen LogP contribution in [0.3, 0.4) is 0 Å². The van der Waals surface area contributed by atoms with E-state index in [1.807, 2.05) is 12.1 Å². The predicted molar refractivity (Wildman–Crippen MR) is 70.3 cm³/mol. The SMILES string of the molecule is Cc1cccc(Cl)c1NC1CC(C)N(C)C1. The lowest BCUT2D eigenvalue weighted by molar-refractivity contribution is 0.330. The molecular weight excluding hydrogens is 220 g/mol. The molecule has 2 atom stereocenters. The van der Waals surface area contributed by atoms with E-state index in [0.717, 1.165) is 17.3 Å². The van der Waals surface area contributed by atoms with Gasteiger partial charge in [-0.25, -0.2) is 0 Å². The van der Waals surface area contributed by atoms with E-state index >= 15 is 0 Å². The van der Waals surface area contributed by atoms with Crippen LogP contribution in [0, 0.1) is 6.92 Å². The lowest BCUT2D eigenvalue weighted by atomic mass is 10.1. The summed E-state index contributed by atoms with van der Waals surface area (Å²) in [6.07, 6.45) is 1.18. The number of hydrogen-bond donors (Lipinski definition) is 1. The summed E-state index contributed by atoms with van der Waals surface area (Å²) in [5, 5.41) is 4.39. The summed E-state index contributed by atoms with van der Waals surface area (Å²) < 4.78 is 0. The van der Waals surface area contributed by atoms with Crippen LogP contribution in [0.25, 0.3) is 0 Å². The molecule has 16 heavy (non-hydrogen) atoms. The van der Waals surface area contributed by atoms with Gasteiger partial charge in [-0.15, -0.1) is 0 Å². The Morgan fingerprint density at radius 2 is 2.19 bits per heavy atom. The Labute approximate surface area is 103 Å². The maximum Gasteiger partial charge on any atom is 0.0640 e. The third-order valence-corrected chi connectivity index (χ3v) is 3.77. The molecule has 0 aromatic heterocycles. The van der Waals surface area contributed by atoms with Crippen molar-refractivity contribution in [2.75, 3.05) is 18.9 Å². The van der Waals surface area contributed by atoms with E-state index in [1.54, 1.807) is 0 Å². The Bertz CT molecular complexity index is 348. The van der Waals surface area contributed by atoms with Crippen molar-refractivity contribution in [3.8, 4) is 0 Å². The van der Waals surface area contributed by atoms with Crippen LogP contribution in [0.4, 0.5) is 5.69 Å². The number of likely N-dealkylation sites (tertiary alicyclic amines) is 1. The van der Waals surface area contributed by atoms with E-state index in [4.69, 9.17) is 11.6 Å². The van der Waals surface area contributed by atoms with E-state index in [2.05, 4.69) is 37.2 Å². The van der Waals surface area contributed by atoms with E-state index < -0.39 is 0 Å². The summed E-state index contributed by atoms with van der Waals surface area (Å²) in [6, 6.07) is 7.19. The molecule has 0 amide bonds. The van der Waals surface area contributed by atoms with Crippen LogP contribution in [-0.2, 0) is 0 Å². The van der Waals surface area contributed by atoms with Crippen molar-refractivity contribution < 1.29 is 0 Å². The number of halogens is 1. The van der Waals surface area contributed by atoms with Crippen molar-refractivity contribution >= 4 is 17.3 Å². The van der Waals surface area contributed by atoms with E-state index in [0.29, 0.717) is 12.1 Å². The number of nitrogens with one attached hydrogen (secondary N) is 1. The molecular formula is C13H19ClN2. The van der Waals surface area contributed by atoms with E-state index in [9.17, 15) is 0 Å². The van der Waals surface area contributed by atoms with Crippen molar-refractivity contribution in [3.63, 3.8) is 0 Å². The Hall–Kier alpha value is -0.730. The number of likely N-dealkylation sites (N-methyl/N-ethyl adjacent to an activating group) is 1. The van der Waals surface area contributed by atoms with Crippen molar-refractivity contribution in [3.05, 3.63) is 28.8 Å². The quantitative estimate of drug-likeness (QED) is 0.852. The molecule has 1 fully saturated rings. The smallest absolute Gasteiger partial charge is 0.0640 e. The van der Waals surface area contributed by atoms with Gasteiger partial charge < -0.3 is 10.2 Å².